The normalized spacial score (nSPS) is 11.0. The van der Waals surface area contributed by atoms with Gasteiger partial charge in [0.1, 0.15) is 11.3 Å². The van der Waals surface area contributed by atoms with Crippen LogP contribution in [0, 0.1) is 0 Å². The Morgan fingerprint density at radius 2 is 1.96 bits per heavy atom. The fraction of sp³-hybridized carbons (Fsp3) is 0.381. The first-order valence-corrected chi connectivity index (χ1v) is 9.38. The van der Waals surface area contributed by atoms with E-state index in [4.69, 9.17) is 4.98 Å². The predicted molar refractivity (Wildman–Crippen MR) is 104 cm³/mol. The lowest BCUT2D eigenvalue weighted by Crippen LogP contribution is -2.27. The minimum absolute atomic E-state index is 0.120. The summed E-state index contributed by atoms with van der Waals surface area (Å²) in [6.07, 6.45) is 6.15. The van der Waals surface area contributed by atoms with E-state index in [0.29, 0.717) is 19.5 Å². The van der Waals surface area contributed by atoms with Crippen molar-refractivity contribution in [1.29, 1.82) is 0 Å². The predicted octanol–water partition coefficient (Wildman–Crippen LogP) is 3.52. The molecule has 5 nitrogen and oxygen atoms in total. The number of pyridine rings is 1. The lowest BCUT2D eigenvalue weighted by atomic mass is 10.1. The maximum Gasteiger partial charge on any atom is 0.220 e. The largest absolute Gasteiger partial charge is 0.354 e. The van der Waals surface area contributed by atoms with Gasteiger partial charge in [0.15, 0.2) is 5.65 Å². The fourth-order valence-electron chi connectivity index (χ4n) is 3.06. The molecule has 0 radical (unpaired) electrons. The lowest BCUT2D eigenvalue weighted by Gasteiger charge is -2.10. The van der Waals surface area contributed by atoms with Crippen molar-refractivity contribution in [2.45, 2.75) is 45.6 Å². The molecule has 2 heterocycles. The van der Waals surface area contributed by atoms with E-state index in [-0.39, 0.29) is 5.91 Å². The van der Waals surface area contributed by atoms with Gasteiger partial charge in [0, 0.05) is 32.1 Å². The summed E-state index contributed by atoms with van der Waals surface area (Å²) in [5.41, 5.74) is 3.10. The highest BCUT2D eigenvalue weighted by Crippen LogP contribution is 2.15. The number of aryl methyl sites for hydroxylation is 2. The zero-order chi connectivity index (χ0) is 18.2. The Labute approximate surface area is 154 Å². The topological polar surface area (TPSA) is 59.8 Å². The first-order chi connectivity index (χ1) is 12.8. The molecule has 5 heteroatoms. The number of imidazole rings is 1. The second kappa shape index (κ2) is 9.13. The molecule has 3 aromatic rings. The van der Waals surface area contributed by atoms with Crippen molar-refractivity contribution >= 4 is 17.1 Å². The third kappa shape index (κ3) is 4.69. The Balaban J connectivity index is 1.69. The van der Waals surface area contributed by atoms with Gasteiger partial charge in [0.25, 0.3) is 0 Å². The Kier molecular flexibility index (Phi) is 6.36. The monoisotopic (exact) mass is 350 g/mol. The van der Waals surface area contributed by atoms with Crippen LogP contribution in [0.25, 0.3) is 11.2 Å². The van der Waals surface area contributed by atoms with E-state index >= 15 is 0 Å². The SMILES string of the molecule is CCCCC(=O)NCCn1c(CCc2ccccc2)nc2cccnc21. The van der Waals surface area contributed by atoms with Crippen LogP contribution in [-0.4, -0.2) is 27.0 Å². The molecular formula is C21H26N4O. The van der Waals surface area contributed by atoms with Gasteiger partial charge in [0.2, 0.25) is 5.91 Å². The van der Waals surface area contributed by atoms with E-state index in [2.05, 4.69) is 46.1 Å². The van der Waals surface area contributed by atoms with Crippen molar-refractivity contribution in [3.63, 3.8) is 0 Å². The van der Waals surface area contributed by atoms with Crippen LogP contribution in [0.15, 0.2) is 48.7 Å². The third-order valence-corrected chi connectivity index (χ3v) is 4.48. The van der Waals surface area contributed by atoms with E-state index in [9.17, 15) is 4.79 Å². The average molecular weight is 350 g/mol. The average Bonchev–Trinajstić information content (AvgIpc) is 3.03. The molecule has 0 unspecified atom stereocenters. The van der Waals surface area contributed by atoms with Crippen LogP contribution in [-0.2, 0) is 24.2 Å². The van der Waals surface area contributed by atoms with E-state index in [0.717, 1.165) is 42.7 Å². The molecule has 1 amide bonds. The first-order valence-electron chi connectivity index (χ1n) is 9.38. The zero-order valence-electron chi connectivity index (χ0n) is 15.3. The summed E-state index contributed by atoms with van der Waals surface area (Å²) in [4.78, 5) is 21.1. The Bertz CT molecular complexity index is 842. The van der Waals surface area contributed by atoms with Crippen molar-refractivity contribution in [2.75, 3.05) is 6.54 Å². The highest BCUT2D eigenvalue weighted by atomic mass is 16.1. The second-order valence-electron chi connectivity index (χ2n) is 6.46. The van der Waals surface area contributed by atoms with Crippen LogP contribution in [0.3, 0.4) is 0 Å². The van der Waals surface area contributed by atoms with Crippen LogP contribution in [0.2, 0.25) is 0 Å². The van der Waals surface area contributed by atoms with Crippen LogP contribution in [0.1, 0.15) is 37.6 Å². The number of carbonyl (C=O) groups excluding carboxylic acids is 1. The molecule has 0 aliphatic rings. The summed E-state index contributed by atoms with van der Waals surface area (Å²) >= 11 is 0. The number of carbonyl (C=O) groups is 1. The molecule has 1 aromatic carbocycles. The van der Waals surface area contributed by atoms with E-state index in [1.165, 1.54) is 5.56 Å². The number of nitrogens with zero attached hydrogens (tertiary/aromatic N) is 3. The fourth-order valence-corrected chi connectivity index (χ4v) is 3.06. The summed E-state index contributed by atoms with van der Waals surface area (Å²) in [7, 11) is 0. The van der Waals surface area contributed by atoms with E-state index in [1.807, 2.05) is 18.2 Å². The summed E-state index contributed by atoms with van der Waals surface area (Å²) in [6, 6.07) is 14.3. The number of hydrogen-bond donors (Lipinski definition) is 1. The van der Waals surface area contributed by atoms with E-state index < -0.39 is 0 Å². The molecular weight excluding hydrogens is 324 g/mol. The summed E-state index contributed by atoms with van der Waals surface area (Å²) in [5, 5.41) is 3.01. The number of fused-ring (bicyclic) bond motifs is 1. The number of benzene rings is 1. The van der Waals surface area contributed by atoms with Crippen LogP contribution >= 0.6 is 0 Å². The smallest absolute Gasteiger partial charge is 0.220 e. The highest BCUT2D eigenvalue weighted by molar-refractivity contribution is 5.75. The summed E-state index contributed by atoms with van der Waals surface area (Å²) < 4.78 is 2.14. The van der Waals surface area contributed by atoms with Crippen molar-refractivity contribution in [1.82, 2.24) is 19.9 Å². The molecule has 0 bridgehead atoms. The van der Waals surface area contributed by atoms with Gasteiger partial charge < -0.3 is 9.88 Å². The van der Waals surface area contributed by atoms with Gasteiger partial charge >= 0.3 is 0 Å². The van der Waals surface area contributed by atoms with Crippen molar-refractivity contribution in [3.05, 3.63) is 60.0 Å². The molecule has 0 saturated heterocycles. The molecule has 136 valence electrons. The highest BCUT2D eigenvalue weighted by Gasteiger charge is 2.12. The maximum atomic E-state index is 11.8. The number of nitrogens with one attached hydrogen (secondary N) is 1. The molecule has 0 saturated carbocycles. The van der Waals surface area contributed by atoms with Crippen LogP contribution < -0.4 is 5.32 Å². The van der Waals surface area contributed by atoms with Crippen molar-refractivity contribution in [2.24, 2.45) is 0 Å². The molecule has 0 aliphatic heterocycles. The van der Waals surface area contributed by atoms with Crippen molar-refractivity contribution in [3.8, 4) is 0 Å². The van der Waals surface area contributed by atoms with Gasteiger partial charge in [-0.25, -0.2) is 9.97 Å². The minimum atomic E-state index is 0.120. The molecule has 1 N–H and O–H groups in total. The Morgan fingerprint density at radius 1 is 1.12 bits per heavy atom. The number of unbranched alkanes of at least 4 members (excludes halogenated alkanes) is 1. The van der Waals surface area contributed by atoms with Crippen molar-refractivity contribution < 1.29 is 4.79 Å². The Morgan fingerprint density at radius 3 is 2.77 bits per heavy atom. The number of rotatable bonds is 9. The van der Waals surface area contributed by atoms with Crippen LogP contribution in [0.4, 0.5) is 0 Å². The molecule has 2 aromatic heterocycles. The Hall–Kier alpha value is -2.69. The first kappa shape index (κ1) is 18.1. The molecule has 0 aliphatic carbocycles. The van der Waals surface area contributed by atoms with Gasteiger partial charge in [-0.05, 0) is 30.5 Å². The summed E-state index contributed by atoms with van der Waals surface area (Å²) in [5.74, 6) is 1.14. The van der Waals surface area contributed by atoms with Gasteiger partial charge in [-0.2, -0.15) is 0 Å². The zero-order valence-corrected chi connectivity index (χ0v) is 15.3. The van der Waals surface area contributed by atoms with Gasteiger partial charge in [0.05, 0.1) is 0 Å². The number of hydrogen-bond acceptors (Lipinski definition) is 3. The minimum Gasteiger partial charge on any atom is -0.354 e. The molecule has 0 atom stereocenters. The molecule has 26 heavy (non-hydrogen) atoms. The quantitative estimate of drug-likeness (QED) is 0.642. The molecule has 0 fully saturated rings. The maximum absolute atomic E-state index is 11.8. The number of amides is 1. The van der Waals surface area contributed by atoms with Crippen LogP contribution in [0.5, 0.6) is 0 Å². The van der Waals surface area contributed by atoms with E-state index in [1.54, 1.807) is 6.20 Å². The second-order valence-corrected chi connectivity index (χ2v) is 6.46. The molecule has 3 rings (SSSR count). The lowest BCUT2D eigenvalue weighted by molar-refractivity contribution is -0.121. The number of aromatic nitrogens is 3. The van der Waals surface area contributed by atoms with Gasteiger partial charge in [-0.1, -0.05) is 43.7 Å². The van der Waals surface area contributed by atoms with Gasteiger partial charge in [-0.3, -0.25) is 4.79 Å². The standard InChI is InChI=1S/C21H26N4O/c1-2-3-11-20(26)22-15-16-25-19(13-12-17-8-5-4-6-9-17)24-18-10-7-14-23-21(18)25/h4-10,14H,2-3,11-13,15-16H2,1H3,(H,22,26). The summed E-state index contributed by atoms with van der Waals surface area (Å²) in [6.45, 7) is 3.38. The van der Waals surface area contributed by atoms with Gasteiger partial charge in [-0.15, -0.1) is 0 Å². The third-order valence-electron chi connectivity index (χ3n) is 4.48. The molecule has 0 spiro atoms.